The van der Waals surface area contributed by atoms with Crippen LogP contribution < -0.4 is 9.47 Å². The summed E-state index contributed by atoms with van der Waals surface area (Å²) in [4.78, 5) is 13.7. The molecular weight excluding hydrogens is 242 g/mol. The van der Waals surface area contributed by atoms with Crippen molar-refractivity contribution < 1.29 is 14.3 Å². The van der Waals surface area contributed by atoms with E-state index in [1.807, 2.05) is 23.1 Å². The molecule has 19 heavy (non-hydrogen) atoms. The van der Waals surface area contributed by atoms with Crippen molar-refractivity contribution >= 4 is 5.91 Å². The maximum Gasteiger partial charge on any atom is 0.219 e. The Labute approximate surface area is 114 Å². The van der Waals surface area contributed by atoms with Crippen molar-refractivity contribution in [3.8, 4) is 11.5 Å². The molecule has 0 bridgehead atoms. The molecule has 0 N–H and O–H groups in total. The Balaban J connectivity index is 2.45. The molecule has 4 heteroatoms. The van der Waals surface area contributed by atoms with Crippen molar-refractivity contribution in [1.82, 2.24) is 4.90 Å². The van der Waals surface area contributed by atoms with Crippen LogP contribution in [0.25, 0.3) is 0 Å². The summed E-state index contributed by atoms with van der Waals surface area (Å²) in [7, 11) is 3.30. The van der Waals surface area contributed by atoms with Gasteiger partial charge in [0.25, 0.3) is 0 Å². The van der Waals surface area contributed by atoms with Crippen molar-refractivity contribution in [3.05, 3.63) is 23.8 Å². The third kappa shape index (κ3) is 2.67. The molecule has 1 atom stereocenters. The number of carbonyl (C=O) groups excluding carboxylic acids is 1. The van der Waals surface area contributed by atoms with Crippen LogP contribution in [0.2, 0.25) is 0 Å². The third-order valence-corrected chi connectivity index (χ3v) is 3.71. The molecule has 1 heterocycles. The lowest BCUT2D eigenvalue weighted by Gasteiger charge is -2.36. The largest absolute Gasteiger partial charge is 0.496 e. The number of nitrogens with zero attached hydrogens (tertiary/aromatic N) is 1. The number of carbonyl (C=O) groups is 1. The topological polar surface area (TPSA) is 38.8 Å². The zero-order chi connectivity index (χ0) is 13.8. The fourth-order valence-corrected chi connectivity index (χ4v) is 2.82. The maximum atomic E-state index is 11.8. The molecular formula is C15H21NO3. The Hall–Kier alpha value is -1.71. The van der Waals surface area contributed by atoms with Crippen LogP contribution in [0.1, 0.15) is 37.8 Å². The summed E-state index contributed by atoms with van der Waals surface area (Å²) in [6, 6.07) is 5.80. The molecule has 1 saturated heterocycles. The first-order valence-electron chi connectivity index (χ1n) is 6.67. The van der Waals surface area contributed by atoms with Gasteiger partial charge in [0.05, 0.1) is 25.8 Å². The highest BCUT2D eigenvalue weighted by atomic mass is 16.5. The van der Waals surface area contributed by atoms with E-state index < -0.39 is 0 Å². The first-order valence-corrected chi connectivity index (χ1v) is 6.67. The molecule has 1 aromatic carbocycles. The number of benzene rings is 1. The Morgan fingerprint density at radius 1 is 1.21 bits per heavy atom. The van der Waals surface area contributed by atoms with E-state index in [-0.39, 0.29) is 11.9 Å². The highest BCUT2D eigenvalue weighted by Crippen LogP contribution is 2.41. The molecule has 4 nitrogen and oxygen atoms in total. The van der Waals surface area contributed by atoms with Crippen LogP contribution in [0.4, 0.5) is 0 Å². The quantitative estimate of drug-likeness (QED) is 0.841. The Morgan fingerprint density at radius 2 is 1.84 bits per heavy atom. The fourth-order valence-electron chi connectivity index (χ4n) is 2.82. The lowest BCUT2D eigenvalue weighted by atomic mass is 9.93. The van der Waals surface area contributed by atoms with Crippen molar-refractivity contribution in [3.63, 3.8) is 0 Å². The number of methoxy groups -OCH3 is 2. The van der Waals surface area contributed by atoms with Gasteiger partial charge < -0.3 is 14.4 Å². The minimum Gasteiger partial charge on any atom is -0.496 e. The van der Waals surface area contributed by atoms with E-state index in [0.29, 0.717) is 0 Å². The van der Waals surface area contributed by atoms with E-state index >= 15 is 0 Å². The van der Waals surface area contributed by atoms with Gasteiger partial charge in [-0.2, -0.15) is 0 Å². The van der Waals surface area contributed by atoms with Crippen molar-refractivity contribution in [2.24, 2.45) is 0 Å². The standard InChI is InChI=1S/C15H21NO3/c1-11(17)16-10-5-4-7-12(16)15-13(18-2)8-6-9-14(15)19-3/h6,8-9,12H,4-5,7,10H2,1-3H3/t12-/m1/s1. The molecule has 0 spiro atoms. The first-order chi connectivity index (χ1) is 9.19. The maximum absolute atomic E-state index is 11.8. The molecule has 1 amide bonds. The van der Waals surface area contributed by atoms with Gasteiger partial charge in [0.1, 0.15) is 11.5 Å². The van der Waals surface area contributed by atoms with Gasteiger partial charge in [0.15, 0.2) is 0 Å². The average Bonchev–Trinajstić information content (AvgIpc) is 2.46. The fraction of sp³-hybridized carbons (Fsp3) is 0.533. The average molecular weight is 263 g/mol. The minimum absolute atomic E-state index is 0.0531. The summed E-state index contributed by atoms with van der Waals surface area (Å²) < 4.78 is 10.9. The highest BCUT2D eigenvalue weighted by molar-refractivity contribution is 5.74. The Morgan fingerprint density at radius 3 is 2.37 bits per heavy atom. The number of rotatable bonds is 3. The smallest absolute Gasteiger partial charge is 0.219 e. The Bertz CT molecular complexity index is 436. The van der Waals surface area contributed by atoms with Crippen LogP contribution >= 0.6 is 0 Å². The van der Waals surface area contributed by atoms with Gasteiger partial charge >= 0.3 is 0 Å². The summed E-state index contributed by atoms with van der Waals surface area (Å²) in [5.41, 5.74) is 0.988. The van der Waals surface area contributed by atoms with Crippen LogP contribution in [0.3, 0.4) is 0 Å². The van der Waals surface area contributed by atoms with E-state index in [1.165, 1.54) is 0 Å². The number of hydrogen-bond donors (Lipinski definition) is 0. The molecule has 1 aliphatic heterocycles. The zero-order valence-corrected chi connectivity index (χ0v) is 11.8. The van der Waals surface area contributed by atoms with E-state index in [1.54, 1.807) is 21.1 Å². The van der Waals surface area contributed by atoms with Crippen LogP contribution in [0.15, 0.2) is 18.2 Å². The predicted octanol–water partition coefficient (Wildman–Crippen LogP) is 2.78. The Kier molecular flexibility index (Phi) is 4.30. The molecule has 2 rings (SSSR count). The summed E-state index contributed by atoms with van der Waals surface area (Å²) in [6.45, 7) is 2.43. The van der Waals surface area contributed by atoms with Gasteiger partial charge in [0.2, 0.25) is 5.91 Å². The van der Waals surface area contributed by atoms with E-state index in [0.717, 1.165) is 42.9 Å². The summed E-state index contributed by atoms with van der Waals surface area (Å²) in [5, 5.41) is 0. The van der Waals surface area contributed by atoms with Gasteiger partial charge in [-0.25, -0.2) is 0 Å². The molecule has 0 aromatic heterocycles. The van der Waals surface area contributed by atoms with Crippen molar-refractivity contribution in [2.75, 3.05) is 20.8 Å². The van der Waals surface area contributed by atoms with Crippen LogP contribution in [-0.2, 0) is 4.79 Å². The number of ether oxygens (including phenoxy) is 2. The molecule has 104 valence electrons. The second kappa shape index (κ2) is 5.95. The first kappa shape index (κ1) is 13.7. The summed E-state index contributed by atoms with van der Waals surface area (Å²) in [5.74, 6) is 1.69. The van der Waals surface area contributed by atoms with Crippen LogP contribution in [-0.4, -0.2) is 31.6 Å². The second-order valence-corrected chi connectivity index (χ2v) is 4.80. The van der Waals surface area contributed by atoms with Gasteiger partial charge in [-0.05, 0) is 31.4 Å². The lowest BCUT2D eigenvalue weighted by Crippen LogP contribution is -2.37. The normalized spacial score (nSPS) is 19.1. The number of amides is 1. The molecule has 1 fully saturated rings. The van der Waals surface area contributed by atoms with Crippen molar-refractivity contribution in [2.45, 2.75) is 32.2 Å². The number of hydrogen-bond acceptors (Lipinski definition) is 3. The van der Waals surface area contributed by atoms with Gasteiger partial charge in [-0.3, -0.25) is 4.79 Å². The zero-order valence-electron chi connectivity index (χ0n) is 11.8. The van der Waals surface area contributed by atoms with E-state index in [4.69, 9.17) is 9.47 Å². The molecule has 0 saturated carbocycles. The SMILES string of the molecule is COc1cccc(OC)c1[C@H]1CCCCN1C(C)=O. The third-order valence-electron chi connectivity index (χ3n) is 3.71. The summed E-state index contributed by atoms with van der Waals surface area (Å²) >= 11 is 0. The van der Waals surface area contributed by atoms with Gasteiger partial charge in [0, 0.05) is 13.5 Å². The van der Waals surface area contributed by atoms with Gasteiger partial charge in [-0.1, -0.05) is 6.07 Å². The lowest BCUT2D eigenvalue weighted by molar-refractivity contribution is -0.132. The minimum atomic E-state index is 0.0531. The van der Waals surface area contributed by atoms with Crippen LogP contribution in [0.5, 0.6) is 11.5 Å². The highest BCUT2D eigenvalue weighted by Gasteiger charge is 2.30. The van der Waals surface area contributed by atoms with E-state index in [2.05, 4.69) is 0 Å². The molecule has 1 aliphatic rings. The van der Waals surface area contributed by atoms with Crippen LogP contribution in [0, 0.1) is 0 Å². The van der Waals surface area contributed by atoms with Crippen molar-refractivity contribution in [1.29, 1.82) is 0 Å². The molecule has 1 aromatic rings. The van der Waals surface area contributed by atoms with E-state index in [9.17, 15) is 4.79 Å². The monoisotopic (exact) mass is 263 g/mol. The van der Waals surface area contributed by atoms with Gasteiger partial charge in [-0.15, -0.1) is 0 Å². The summed E-state index contributed by atoms with van der Waals surface area (Å²) in [6.07, 6.45) is 3.14. The predicted molar refractivity (Wildman–Crippen MR) is 73.5 cm³/mol. The number of piperidine rings is 1. The molecule has 0 radical (unpaired) electrons. The molecule has 0 unspecified atom stereocenters. The molecule has 0 aliphatic carbocycles. The second-order valence-electron chi connectivity index (χ2n) is 4.80. The number of likely N-dealkylation sites (tertiary alicyclic amines) is 1.